The molecule has 0 radical (unpaired) electrons. The van der Waals surface area contributed by atoms with E-state index in [0.29, 0.717) is 21.4 Å². The largest absolute Gasteiger partial charge is 0.299 e. The molecule has 1 saturated heterocycles. The number of halogens is 4. The van der Waals surface area contributed by atoms with Crippen LogP contribution in [0.15, 0.2) is 47.6 Å². The minimum Gasteiger partial charge on any atom is -0.265 e. The van der Waals surface area contributed by atoms with E-state index in [-0.39, 0.29) is 23.7 Å². The molecule has 5 nitrogen and oxygen atoms in total. The first-order valence-electron chi connectivity index (χ1n) is 10.7. The predicted octanol–water partition coefficient (Wildman–Crippen LogP) is 6.46. The maximum atomic E-state index is 13.6. The minimum atomic E-state index is -0.360. The van der Waals surface area contributed by atoms with Crippen molar-refractivity contribution < 1.29 is 9.18 Å². The van der Waals surface area contributed by atoms with Crippen molar-refractivity contribution in [3.63, 3.8) is 0 Å². The number of hydrogen-bond donors (Lipinski definition) is 0. The van der Waals surface area contributed by atoms with Gasteiger partial charge in [-0.25, -0.2) is 9.40 Å². The fourth-order valence-electron chi connectivity index (χ4n) is 4.28. The maximum absolute atomic E-state index is 13.6. The Kier molecular flexibility index (Phi) is 7.25. The highest BCUT2D eigenvalue weighted by Gasteiger charge is 2.42. The summed E-state index contributed by atoms with van der Waals surface area (Å²) in [6, 6.07) is 10.9. The second-order valence-corrected chi connectivity index (χ2v) is 9.31. The Bertz CT molecular complexity index is 1010. The first-order valence-corrected chi connectivity index (χ1v) is 11.8. The van der Waals surface area contributed by atoms with Crippen LogP contribution in [0.4, 0.5) is 10.1 Å². The average molecular weight is 498 g/mol. The number of hydrogen-bond acceptors (Lipinski definition) is 4. The number of hydrazone groups is 1. The van der Waals surface area contributed by atoms with Gasteiger partial charge >= 0.3 is 0 Å². The molecule has 0 aliphatic carbocycles. The van der Waals surface area contributed by atoms with Gasteiger partial charge in [0.25, 0.3) is 5.91 Å². The molecule has 32 heavy (non-hydrogen) atoms. The van der Waals surface area contributed by atoms with Crippen LogP contribution in [-0.2, 0) is 4.79 Å². The standard InChI is InChI=1S/C23H24Cl3FN4O/c1-15-21(23(32)31(26)29-12-4-2-3-5-13-29)28-30(20-11-8-17(24)14-19(20)25)22(15)16-6-9-18(27)10-7-16/h6-11,14-15,22H,2-5,12-13H2,1H3/t15-,22-/m1/s1. The van der Waals surface area contributed by atoms with Crippen LogP contribution >= 0.6 is 35.0 Å². The summed E-state index contributed by atoms with van der Waals surface area (Å²) in [6.07, 6.45) is 4.23. The molecule has 4 rings (SSSR count). The van der Waals surface area contributed by atoms with Crippen LogP contribution < -0.4 is 5.01 Å². The van der Waals surface area contributed by atoms with Gasteiger partial charge in [0.05, 0.1) is 16.8 Å². The fraction of sp³-hybridized carbons (Fsp3) is 0.391. The van der Waals surface area contributed by atoms with E-state index in [1.54, 1.807) is 35.3 Å². The number of anilines is 1. The van der Waals surface area contributed by atoms with Gasteiger partial charge in [0.15, 0.2) is 0 Å². The highest BCUT2D eigenvalue weighted by atomic mass is 35.5. The van der Waals surface area contributed by atoms with Crippen molar-refractivity contribution in [2.75, 3.05) is 18.1 Å². The van der Waals surface area contributed by atoms with E-state index in [4.69, 9.17) is 35.0 Å². The van der Waals surface area contributed by atoms with Crippen molar-refractivity contribution in [2.45, 2.75) is 38.6 Å². The van der Waals surface area contributed by atoms with Crippen LogP contribution in [0.25, 0.3) is 0 Å². The number of rotatable bonds is 4. The molecule has 0 aromatic heterocycles. The predicted molar refractivity (Wildman–Crippen MR) is 127 cm³/mol. The lowest BCUT2D eigenvalue weighted by Crippen LogP contribution is -2.44. The highest BCUT2D eigenvalue weighted by Crippen LogP contribution is 2.42. The lowest BCUT2D eigenvalue weighted by molar-refractivity contribution is -0.130. The SMILES string of the molecule is C[C@@H]1C(C(=O)N(Cl)N2CCCCCC2)=NN(c2ccc(Cl)cc2Cl)[C@H]1c1ccc(F)cc1. The number of nitrogens with zero attached hydrogens (tertiary/aromatic N) is 4. The van der Waals surface area contributed by atoms with Crippen molar-refractivity contribution in [3.05, 3.63) is 63.9 Å². The summed E-state index contributed by atoms with van der Waals surface area (Å²) < 4.78 is 14.8. The van der Waals surface area contributed by atoms with Gasteiger partial charge in [0, 0.05) is 35.8 Å². The van der Waals surface area contributed by atoms with Gasteiger partial charge in [-0.3, -0.25) is 9.80 Å². The summed E-state index contributed by atoms with van der Waals surface area (Å²) in [7, 11) is 0. The van der Waals surface area contributed by atoms with E-state index >= 15 is 0 Å². The van der Waals surface area contributed by atoms with E-state index in [2.05, 4.69) is 5.10 Å². The third-order valence-electron chi connectivity index (χ3n) is 5.97. The van der Waals surface area contributed by atoms with Crippen LogP contribution in [0.5, 0.6) is 0 Å². The zero-order valence-electron chi connectivity index (χ0n) is 17.6. The normalized spacial score (nSPS) is 21.9. The molecule has 1 fully saturated rings. The molecular weight excluding hydrogens is 474 g/mol. The summed E-state index contributed by atoms with van der Waals surface area (Å²) in [5.74, 6) is -1.01. The van der Waals surface area contributed by atoms with E-state index < -0.39 is 0 Å². The Morgan fingerprint density at radius 3 is 2.34 bits per heavy atom. The Balaban J connectivity index is 1.70. The van der Waals surface area contributed by atoms with Gasteiger partial charge in [-0.15, -0.1) is 0 Å². The third-order valence-corrected chi connectivity index (χ3v) is 6.87. The number of benzene rings is 2. The number of carbonyl (C=O) groups is 1. The second-order valence-electron chi connectivity index (χ2n) is 8.14. The van der Waals surface area contributed by atoms with E-state index in [1.807, 2.05) is 11.9 Å². The van der Waals surface area contributed by atoms with Gasteiger partial charge in [-0.1, -0.05) is 55.1 Å². The molecule has 9 heteroatoms. The Morgan fingerprint density at radius 2 is 1.72 bits per heavy atom. The van der Waals surface area contributed by atoms with Gasteiger partial charge in [-0.2, -0.15) is 9.63 Å². The molecule has 0 bridgehead atoms. The molecule has 2 atom stereocenters. The molecule has 2 heterocycles. The van der Waals surface area contributed by atoms with Crippen LogP contribution in [0.2, 0.25) is 10.0 Å². The molecule has 170 valence electrons. The van der Waals surface area contributed by atoms with Crippen LogP contribution in [-0.4, -0.2) is 34.2 Å². The van der Waals surface area contributed by atoms with Gasteiger partial charge in [0.1, 0.15) is 11.5 Å². The summed E-state index contributed by atoms with van der Waals surface area (Å²) in [4.78, 5) is 13.4. The summed E-state index contributed by atoms with van der Waals surface area (Å²) >= 11 is 19.1. The summed E-state index contributed by atoms with van der Waals surface area (Å²) in [6.45, 7) is 3.37. The maximum Gasteiger partial charge on any atom is 0.299 e. The quantitative estimate of drug-likeness (QED) is 0.455. The van der Waals surface area contributed by atoms with E-state index in [0.717, 1.165) is 44.3 Å². The van der Waals surface area contributed by atoms with Crippen LogP contribution in [0, 0.1) is 11.7 Å². The lowest BCUT2D eigenvalue weighted by Gasteiger charge is -2.29. The Morgan fingerprint density at radius 1 is 1.06 bits per heavy atom. The molecular formula is C23H24Cl3FN4O. The molecule has 2 aliphatic rings. The second kappa shape index (κ2) is 9.96. The van der Waals surface area contributed by atoms with Gasteiger partial charge in [-0.05, 0) is 48.7 Å². The van der Waals surface area contributed by atoms with Crippen LogP contribution in [0.1, 0.15) is 44.2 Å². The average Bonchev–Trinajstić information content (AvgIpc) is 2.94. The molecule has 0 spiro atoms. The molecule has 0 unspecified atom stereocenters. The molecule has 2 aromatic rings. The molecule has 1 amide bonds. The van der Waals surface area contributed by atoms with Crippen LogP contribution in [0.3, 0.4) is 0 Å². The topological polar surface area (TPSA) is 39.2 Å². The first-order chi connectivity index (χ1) is 15.4. The zero-order chi connectivity index (χ0) is 22.8. The molecule has 0 saturated carbocycles. The molecule has 2 aromatic carbocycles. The van der Waals surface area contributed by atoms with Crippen molar-refractivity contribution in [3.8, 4) is 0 Å². The van der Waals surface area contributed by atoms with Crippen molar-refractivity contribution in [2.24, 2.45) is 11.0 Å². The number of hydrazine groups is 1. The van der Waals surface area contributed by atoms with E-state index in [1.165, 1.54) is 16.7 Å². The lowest BCUT2D eigenvalue weighted by atomic mass is 9.91. The summed E-state index contributed by atoms with van der Waals surface area (Å²) in [5, 5.41) is 9.16. The minimum absolute atomic E-state index is 0.312. The van der Waals surface area contributed by atoms with Crippen molar-refractivity contribution in [1.82, 2.24) is 9.54 Å². The fourth-order valence-corrected chi connectivity index (χ4v) is 5.01. The van der Waals surface area contributed by atoms with Crippen molar-refractivity contribution >= 4 is 52.3 Å². The smallest absolute Gasteiger partial charge is 0.265 e. The highest BCUT2D eigenvalue weighted by molar-refractivity contribution is 6.46. The third kappa shape index (κ3) is 4.74. The van der Waals surface area contributed by atoms with Gasteiger partial charge in [0.2, 0.25) is 0 Å². The molecule has 0 N–H and O–H groups in total. The zero-order valence-corrected chi connectivity index (χ0v) is 19.9. The van der Waals surface area contributed by atoms with Crippen molar-refractivity contribution in [1.29, 1.82) is 0 Å². The van der Waals surface area contributed by atoms with E-state index in [9.17, 15) is 9.18 Å². The summed E-state index contributed by atoms with van der Waals surface area (Å²) in [5.41, 5.74) is 1.74. The Labute approximate surface area is 202 Å². The first kappa shape index (κ1) is 23.3. The number of amides is 1. The van der Waals surface area contributed by atoms with Gasteiger partial charge < -0.3 is 0 Å². The monoisotopic (exact) mass is 496 g/mol. The Hall–Kier alpha value is -1.86. The molecule has 2 aliphatic heterocycles. The number of carbonyl (C=O) groups excluding carboxylic acids is 1.